The van der Waals surface area contributed by atoms with Crippen molar-refractivity contribution < 1.29 is 0 Å². The lowest BCUT2D eigenvalue weighted by atomic mass is 10.1. The lowest BCUT2D eigenvalue weighted by Crippen LogP contribution is -2.52. The molecule has 1 fully saturated rings. The van der Waals surface area contributed by atoms with Gasteiger partial charge in [0, 0.05) is 18.8 Å². The molecule has 2 nitrogen and oxygen atoms in total. The first-order valence-corrected chi connectivity index (χ1v) is 6.98. The van der Waals surface area contributed by atoms with Gasteiger partial charge in [0.05, 0.1) is 11.0 Å². The van der Waals surface area contributed by atoms with Crippen molar-refractivity contribution in [2.45, 2.75) is 17.9 Å². The molecule has 2 unspecified atom stereocenters. The quantitative estimate of drug-likeness (QED) is 0.356. The predicted octanol–water partition coefficient (Wildman–Crippen LogP) is 3.63. The molecule has 4 heteroatoms. The Bertz CT molecular complexity index is 382. The molecule has 0 aliphatic carbocycles. The van der Waals surface area contributed by atoms with Gasteiger partial charge < -0.3 is 4.90 Å². The number of alkyl halides is 1. The lowest BCUT2D eigenvalue weighted by molar-refractivity contribution is 0.331. The van der Waals surface area contributed by atoms with Gasteiger partial charge in [-0.25, -0.2) is 0 Å². The number of nitrogens with zero attached hydrogens (tertiary/aromatic N) is 2. The van der Waals surface area contributed by atoms with Crippen LogP contribution in [0.1, 0.15) is 6.92 Å². The van der Waals surface area contributed by atoms with Crippen molar-refractivity contribution in [3.05, 3.63) is 42.5 Å². The minimum atomic E-state index is 0.166. The van der Waals surface area contributed by atoms with Gasteiger partial charge in [-0.2, -0.15) is 4.42 Å². The second kappa shape index (κ2) is 5.89. The lowest BCUT2D eigenvalue weighted by Gasteiger charge is -2.41. The molecule has 0 spiro atoms. The van der Waals surface area contributed by atoms with E-state index in [9.17, 15) is 0 Å². The van der Waals surface area contributed by atoms with E-state index in [1.807, 2.05) is 23.5 Å². The third-order valence-corrected chi connectivity index (χ3v) is 4.35. The van der Waals surface area contributed by atoms with E-state index in [4.69, 9.17) is 11.8 Å². The topological polar surface area (TPSA) is 6.48 Å². The standard InChI is InChI=1S/C13H16BrClN2/c1-2-6-12-9-16(10-13(14)17(12)15)11-7-4-3-5-8-11/h2-8,12-13H,9-10H2,1H3. The Morgan fingerprint density at radius 1 is 1.29 bits per heavy atom. The monoisotopic (exact) mass is 314 g/mol. The van der Waals surface area contributed by atoms with Crippen molar-refractivity contribution in [2.75, 3.05) is 18.0 Å². The number of hydrogen-bond donors (Lipinski definition) is 0. The number of allylic oxidation sites excluding steroid dienone is 1. The normalized spacial score (nSPS) is 26.6. The Morgan fingerprint density at radius 3 is 2.65 bits per heavy atom. The highest BCUT2D eigenvalue weighted by Gasteiger charge is 2.30. The molecule has 1 aliphatic heterocycles. The summed E-state index contributed by atoms with van der Waals surface area (Å²) >= 11 is 9.89. The molecular weight excluding hydrogens is 300 g/mol. The van der Waals surface area contributed by atoms with E-state index < -0.39 is 0 Å². The zero-order valence-electron chi connectivity index (χ0n) is 9.76. The van der Waals surface area contributed by atoms with Crippen molar-refractivity contribution >= 4 is 33.4 Å². The van der Waals surface area contributed by atoms with Crippen LogP contribution in [0.3, 0.4) is 0 Å². The minimum absolute atomic E-state index is 0.166. The van der Waals surface area contributed by atoms with Crippen LogP contribution in [0.4, 0.5) is 5.69 Å². The fraction of sp³-hybridized carbons (Fsp3) is 0.385. The van der Waals surface area contributed by atoms with E-state index in [1.165, 1.54) is 5.69 Å². The van der Waals surface area contributed by atoms with Crippen LogP contribution in [0.2, 0.25) is 0 Å². The van der Waals surface area contributed by atoms with Gasteiger partial charge in [0.2, 0.25) is 0 Å². The number of anilines is 1. The van der Waals surface area contributed by atoms with Gasteiger partial charge in [-0.15, -0.1) is 0 Å². The maximum Gasteiger partial charge on any atom is 0.0983 e. The van der Waals surface area contributed by atoms with Crippen LogP contribution in [0, 0.1) is 0 Å². The number of rotatable bonds is 2. The molecule has 0 radical (unpaired) electrons. The summed E-state index contributed by atoms with van der Waals surface area (Å²) in [5, 5.41) is 0. The fourth-order valence-corrected chi connectivity index (χ4v) is 2.90. The summed E-state index contributed by atoms with van der Waals surface area (Å²) in [6.45, 7) is 3.83. The third-order valence-electron chi connectivity index (χ3n) is 2.90. The van der Waals surface area contributed by atoms with Crippen LogP contribution >= 0.6 is 27.7 Å². The Hall–Kier alpha value is -0.510. The molecule has 0 bridgehead atoms. The number of para-hydroxylation sites is 1. The Morgan fingerprint density at radius 2 is 2.00 bits per heavy atom. The predicted molar refractivity (Wildman–Crippen MR) is 77.7 cm³/mol. The zero-order valence-corrected chi connectivity index (χ0v) is 12.1. The highest BCUT2D eigenvalue weighted by molar-refractivity contribution is 9.09. The van der Waals surface area contributed by atoms with Crippen molar-refractivity contribution in [1.82, 2.24) is 4.42 Å². The first-order chi connectivity index (χ1) is 8.22. The SMILES string of the molecule is CC=CC1CN(c2ccccc2)CC(Br)N1Cl. The summed E-state index contributed by atoms with van der Waals surface area (Å²) in [5.41, 5.74) is 1.25. The van der Waals surface area contributed by atoms with Gasteiger partial charge in [-0.1, -0.05) is 46.3 Å². The first kappa shape index (κ1) is 12.9. The van der Waals surface area contributed by atoms with Crippen LogP contribution in [-0.2, 0) is 0 Å². The van der Waals surface area contributed by atoms with Crippen LogP contribution in [0.25, 0.3) is 0 Å². The average Bonchev–Trinajstić information content (AvgIpc) is 2.36. The molecule has 1 aromatic rings. The molecule has 1 saturated heterocycles. The summed E-state index contributed by atoms with van der Waals surface area (Å²) < 4.78 is 1.85. The molecule has 17 heavy (non-hydrogen) atoms. The van der Waals surface area contributed by atoms with Crippen molar-refractivity contribution in [2.24, 2.45) is 0 Å². The summed E-state index contributed by atoms with van der Waals surface area (Å²) in [4.78, 5) is 2.52. The molecule has 0 amide bonds. The van der Waals surface area contributed by atoms with Gasteiger partial charge in [0.15, 0.2) is 0 Å². The Labute approximate surface area is 116 Å². The smallest absolute Gasteiger partial charge is 0.0983 e. The van der Waals surface area contributed by atoms with Gasteiger partial charge in [-0.05, 0) is 30.8 Å². The molecule has 1 aromatic carbocycles. The summed E-state index contributed by atoms with van der Waals surface area (Å²) in [5.74, 6) is 0. The van der Waals surface area contributed by atoms with E-state index in [-0.39, 0.29) is 11.0 Å². The number of hydrogen-bond acceptors (Lipinski definition) is 2. The zero-order chi connectivity index (χ0) is 12.3. The first-order valence-electron chi connectivity index (χ1n) is 5.73. The van der Waals surface area contributed by atoms with Crippen molar-refractivity contribution in [3.8, 4) is 0 Å². The van der Waals surface area contributed by atoms with Crippen LogP contribution < -0.4 is 4.90 Å². The molecule has 0 saturated carbocycles. The molecule has 92 valence electrons. The Balaban J connectivity index is 2.16. The van der Waals surface area contributed by atoms with Crippen LogP contribution in [0.5, 0.6) is 0 Å². The van der Waals surface area contributed by atoms with Crippen LogP contribution in [-0.4, -0.2) is 28.5 Å². The van der Waals surface area contributed by atoms with Gasteiger partial charge in [0.25, 0.3) is 0 Å². The Kier molecular flexibility index (Phi) is 4.48. The third kappa shape index (κ3) is 3.03. The second-order valence-corrected chi connectivity index (χ2v) is 5.56. The summed E-state index contributed by atoms with van der Waals surface area (Å²) in [6.07, 6.45) is 4.19. The van der Waals surface area contributed by atoms with E-state index in [0.717, 1.165) is 13.1 Å². The number of benzene rings is 1. The highest BCUT2D eigenvalue weighted by Crippen LogP contribution is 2.27. The molecule has 0 N–H and O–H groups in total. The minimum Gasteiger partial charge on any atom is -0.367 e. The van der Waals surface area contributed by atoms with Gasteiger partial charge >= 0.3 is 0 Å². The van der Waals surface area contributed by atoms with E-state index in [0.29, 0.717) is 0 Å². The second-order valence-electron chi connectivity index (χ2n) is 4.11. The molecule has 1 aliphatic rings. The van der Waals surface area contributed by atoms with E-state index >= 15 is 0 Å². The summed E-state index contributed by atoms with van der Waals surface area (Å²) in [6, 6.07) is 10.7. The molecule has 0 aromatic heterocycles. The molecule has 2 rings (SSSR count). The van der Waals surface area contributed by atoms with E-state index in [2.05, 4.69) is 51.2 Å². The van der Waals surface area contributed by atoms with Crippen molar-refractivity contribution in [1.29, 1.82) is 0 Å². The molecular formula is C13H16BrClN2. The van der Waals surface area contributed by atoms with Crippen LogP contribution in [0.15, 0.2) is 42.5 Å². The molecule has 1 heterocycles. The largest absolute Gasteiger partial charge is 0.367 e. The van der Waals surface area contributed by atoms with E-state index in [1.54, 1.807) is 0 Å². The maximum absolute atomic E-state index is 6.27. The molecule has 2 atom stereocenters. The fourth-order valence-electron chi connectivity index (χ4n) is 2.06. The average molecular weight is 316 g/mol. The number of halogens is 2. The van der Waals surface area contributed by atoms with Crippen molar-refractivity contribution in [3.63, 3.8) is 0 Å². The highest BCUT2D eigenvalue weighted by atomic mass is 79.9. The number of piperazine rings is 1. The van der Waals surface area contributed by atoms with Gasteiger partial charge in [0.1, 0.15) is 0 Å². The summed E-state index contributed by atoms with van der Waals surface area (Å²) in [7, 11) is 0. The van der Waals surface area contributed by atoms with Gasteiger partial charge in [-0.3, -0.25) is 0 Å². The maximum atomic E-state index is 6.27.